The summed E-state index contributed by atoms with van der Waals surface area (Å²) < 4.78 is 0. The molecule has 0 unspecified atom stereocenters. The average molecular weight is 273 g/mol. The second kappa shape index (κ2) is 5.50. The van der Waals surface area contributed by atoms with E-state index in [0.29, 0.717) is 11.8 Å². The first kappa shape index (κ1) is 12.5. The molecule has 0 aromatic carbocycles. The maximum atomic E-state index is 11.8. The zero-order valence-corrected chi connectivity index (χ0v) is 10.7. The van der Waals surface area contributed by atoms with Gasteiger partial charge >= 0.3 is 0 Å². The zero-order valence-electron chi connectivity index (χ0n) is 9.13. The summed E-state index contributed by atoms with van der Waals surface area (Å²) in [6.45, 7) is 0. The molecule has 15 heavy (non-hydrogen) atoms. The van der Waals surface area contributed by atoms with E-state index in [1.165, 1.54) is 6.42 Å². The molecule has 1 aliphatic rings. The van der Waals surface area contributed by atoms with Crippen LogP contribution in [0.15, 0.2) is 0 Å². The highest BCUT2D eigenvalue weighted by Crippen LogP contribution is 2.32. The number of carbonyl (C=O) groups is 1. The van der Waals surface area contributed by atoms with Gasteiger partial charge in [-0.3, -0.25) is 4.79 Å². The molecule has 0 radical (unpaired) electrons. The summed E-state index contributed by atoms with van der Waals surface area (Å²) in [5.74, 6) is 0.0651. The Morgan fingerprint density at radius 3 is 2.53 bits per heavy atom. The Labute approximate surface area is 99.6 Å². The van der Waals surface area contributed by atoms with Crippen LogP contribution in [0.25, 0.3) is 0 Å². The summed E-state index contributed by atoms with van der Waals surface area (Å²) in [5, 5.41) is 9.94. The van der Waals surface area contributed by atoms with Crippen molar-refractivity contribution in [1.29, 1.82) is 5.26 Å². The third-order valence-corrected chi connectivity index (χ3v) is 3.61. The van der Waals surface area contributed by atoms with Gasteiger partial charge in [-0.15, -0.1) is 0 Å². The highest BCUT2D eigenvalue weighted by Gasteiger charge is 2.38. The van der Waals surface area contributed by atoms with Gasteiger partial charge in [0, 0.05) is 18.8 Å². The van der Waals surface area contributed by atoms with Gasteiger partial charge in [-0.1, -0.05) is 35.2 Å². The minimum atomic E-state index is -0.530. The molecule has 0 aromatic rings. The van der Waals surface area contributed by atoms with Gasteiger partial charge in [-0.25, -0.2) is 0 Å². The second-order valence-electron chi connectivity index (χ2n) is 4.10. The molecule has 84 valence electrons. The normalized spacial score (nSPS) is 19.3. The SMILES string of the molecule is CN(C(=O)CCBr)C1(C#N)CCCCC1. The predicted molar refractivity (Wildman–Crippen MR) is 62.6 cm³/mol. The van der Waals surface area contributed by atoms with Crippen LogP contribution in [0.2, 0.25) is 0 Å². The number of nitriles is 1. The molecule has 0 spiro atoms. The van der Waals surface area contributed by atoms with Crippen molar-refractivity contribution in [2.24, 2.45) is 0 Å². The van der Waals surface area contributed by atoms with Crippen molar-refractivity contribution in [3.63, 3.8) is 0 Å². The summed E-state index contributed by atoms with van der Waals surface area (Å²) in [5.41, 5.74) is -0.530. The van der Waals surface area contributed by atoms with Crippen molar-refractivity contribution in [1.82, 2.24) is 4.90 Å². The Bertz CT molecular complexity index is 266. The van der Waals surface area contributed by atoms with Crippen LogP contribution in [0.3, 0.4) is 0 Å². The summed E-state index contributed by atoms with van der Waals surface area (Å²) in [4.78, 5) is 13.4. The molecule has 3 nitrogen and oxygen atoms in total. The van der Waals surface area contributed by atoms with E-state index in [1.807, 2.05) is 0 Å². The van der Waals surface area contributed by atoms with E-state index in [2.05, 4.69) is 22.0 Å². The lowest BCUT2D eigenvalue weighted by molar-refractivity contribution is -0.134. The Hall–Kier alpha value is -0.560. The third kappa shape index (κ3) is 2.72. The van der Waals surface area contributed by atoms with Crippen LogP contribution in [0.5, 0.6) is 0 Å². The minimum absolute atomic E-state index is 0.0651. The number of rotatable bonds is 3. The van der Waals surface area contributed by atoms with Crippen molar-refractivity contribution in [2.45, 2.75) is 44.1 Å². The monoisotopic (exact) mass is 272 g/mol. The highest BCUT2D eigenvalue weighted by atomic mass is 79.9. The van der Waals surface area contributed by atoms with Crippen molar-refractivity contribution in [3.8, 4) is 6.07 Å². The van der Waals surface area contributed by atoms with Crippen molar-refractivity contribution in [3.05, 3.63) is 0 Å². The molecule has 0 aromatic heterocycles. The first-order valence-electron chi connectivity index (χ1n) is 5.40. The Morgan fingerprint density at radius 1 is 1.47 bits per heavy atom. The summed E-state index contributed by atoms with van der Waals surface area (Å²) in [7, 11) is 1.76. The fourth-order valence-corrected chi connectivity index (χ4v) is 2.49. The number of halogens is 1. The van der Waals surface area contributed by atoms with Gasteiger partial charge in [0.15, 0.2) is 0 Å². The lowest BCUT2D eigenvalue weighted by atomic mass is 9.81. The Kier molecular flexibility index (Phi) is 4.59. The molecule has 1 saturated carbocycles. The van der Waals surface area contributed by atoms with Gasteiger partial charge in [0.25, 0.3) is 0 Å². The predicted octanol–water partition coefficient (Wildman–Crippen LogP) is 2.46. The van der Waals surface area contributed by atoms with E-state index < -0.39 is 5.54 Å². The fraction of sp³-hybridized carbons (Fsp3) is 0.818. The molecular weight excluding hydrogens is 256 g/mol. The van der Waals surface area contributed by atoms with Crippen LogP contribution in [-0.2, 0) is 4.79 Å². The molecule has 1 rings (SSSR count). The van der Waals surface area contributed by atoms with Gasteiger partial charge in [-0.2, -0.15) is 5.26 Å². The smallest absolute Gasteiger partial charge is 0.224 e. The van der Waals surface area contributed by atoms with E-state index >= 15 is 0 Å². The maximum absolute atomic E-state index is 11.8. The summed E-state index contributed by atoms with van der Waals surface area (Å²) in [6.07, 6.45) is 5.42. The topological polar surface area (TPSA) is 44.1 Å². The first-order chi connectivity index (χ1) is 7.16. The molecule has 4 heteroatoms. The molecule has 0 saturated heterocycles. The third-order valence-electron chi connectivity index (χ3n) is 3.21. The van der Waals surface area contributed by atoms with E-state index in [9.17, 15) is 10.1 Å². The zero-order chi connectivity index (χ0) is 11.3. The van der Waals surface area contributed by atoms with Crippen molar-refractivity contribution < 1.29 is 4.79 Å². The Morgan fingerprint density at radius 2 is 2.07 bits per heavy atom. The molecule has 0 aliphatic heterocycles. The van der Waals surface area contributed by atoms with Crippen molar-refractivity contribution in [2.75, 3.05) is 12.4 Å². The largest absolute Gasteiger partial charge is 0.327 e. The van der Waals surface area contributed by atoms with Crippen LogP contribution < -0.4 is 0 Å². The molecule has 0 atom stereocenters. The quantitative estimate of drug-likeness (QED) is 0.741. The Balaban J connectivity index is 2.72. The van der Waals surface area contributed by atoms with Gasteiger partial charge in [0.2, 0.25) is 5.91 Å². The average Bonchev–Trinajstić information content (AvgIpc) is 2.29. The van der Waals surface area contributed by atoms with Crippen LogP contribution >= 0.6 is 15.9 Å². The number of carbonyl (C=O) groups excluding carboxylic acids is 1. The van der Waals surface area contributed by atoms with Gasteiger partial charge in [0.05, 0.1) is 6.07 Å². The number of nitrogens with zero attached hydrogens (tertiary/aromatic N) is 2. The standard InChI is InChI=1S/C11H17BrN2O/c1-14(10(15)5-8-12)11(9-13)6-3-2-4-7-11/h2-8H2,1H3. The van der Waals surface area contributed by atoms with Gasteiger partial charge < -0.3 is 4.90 Å². The number of alkyl halides is 1. The van der Waals surface area contributed by atoms with Crippen molar-refractivity contribution >= 4 is 21.8 Å². The van der Waals surface area contributed by atoms with E-state index in [-0.39, 0.29) is 5.91 Å². The lowest BCUT2D eigenvalue weighted by Gasteiger charge is -2.39. The van der Waals surface area contributed by atoms with Gasteiger partial charge in [-0.05, 0) is 12.8 Å². The molecule has 1 aliphatic carbocycles. The van der Waals surface area contributed by atoms with E-state index in [0.717, 1.165) is 25.7 Å². The maximum Gasteiger partial charge on any atom is 0.224 e. The minimum Gasteiger partial charge on any atom is -0.327 e. The van der Waals surface area contributed by atoms with E-state index in [4.69, 9.17) is 0 Å². The molecule has 0 heterocycles. The molecule has 1 amide bonds. The molecular formula is C11H17BrN2O. The molecule has 1 fully saturated rings. The highest BCUT2D eigenvalue weighted by molar-refractivity contribution is 9.09. The van der Waals surface area contributed by atoms with Crippen LogP contribution in [0.1, 0.15) is 38.5 Å². The first-order valence-corrected chi connectivity index (χ1v) is 6.52. The summed E-state index contributed by atoms with van der Waals surface area (Å²) in [6, 6.07) is 2.35. The van der Waals surface area contributed by atoms with E-state index in [1.54, 1.807) is 11.9 Å². The van der Waals surface area contributed by atoms with Crippen LogP contribution in [-0.4, -0.2) is 28.7 Å². The van der Waals surface area contributed by atoms with Crippen LogP contribution in [0, 0.1) is 11.3 Å². The van der Waals surface area contributed by atoms with Crippen LogP contribution in [0.4, 0.5) is 0 Å². The lowest BCUT2D eigenvalue weighted by Crippen LogP contribution is -2.49. The fourth-order valence-electron chi connectivity index (χ4n) is 2.15. The second-order valence-corrected chi connectivity index (χ2v) is 4.89. The molecule has 0 bridgehead atoms. The number of amides is 1. The number of hydrogen-bond acceptors (Lipinski definition) is 2. The number of hydrogen-bond donors (Lipinski definition) is 0. The van der Waals surface area contributed by atoms with Gasteiger partial charge in [0.1, 0.15) is 5.54 Å². The summed E-state index contributed by atoms with van der Waals surface area (Å²) >= 11 is 3.25. The molecule has 0 N–H and O–H groups in total.